The lowest BCUT2D eigenvalue weighted by Gasteiger charge is -2.26. The van der Waals surface area contributed by atoms with Crippen LogP contribution in [-0.4, -0.2) is 37.6 Å². The van der Waals surface area contributed by atoms with Crippen molar-refractivity contribution in [3.05, 3.63) is 12.3 Å². The van der Waals surface area contributed by atoms with E-state index in [0.717, 1.165) is 32.5 Å². The van der Waals surface area contributed by atoms with Crippen molar-refractivity contribution in [2.45, 2.75) is 52.4 Å². The van der Waals surface area contributed by atoms with Gasteiger partial charge in [0.1, 0.15) is 0 Å². The predicted molar refractivity (Wildman–Crippen MR) is 84.1 cm³/mol. The highest BCUT2D eigenvalue weighted by Crippen LogP contribution is 2.18. The molecule has 0 amide bonds. The van der Waals surface area contributed by atoms with Gasteiger partial charge in [0.05, 0.1) is 0 Å². The minimum Gasteiger partial charge on any atom is -0.388 e. The van der Waals surface area contributed by atoms with Gasteiger partial charge in [0.2, 0.25) is 0 Å². The second-order valence-electron chi connectivity index (χ2n) is 6.67. The fraction of sp³-hybridized carbons (Fsp3) is 0.875. The van der Waals surface area contributed by atoms with E-state index >= 15 is 0 Å². The molecule has 0 spiro atoms. The van der Waals surface area contributed by atoms with Crippen LogP contribution < -0.4 is 11.1 Å². The van der Waals surface area contributed by atoms with Gasteiger partial charge in [-0.15, -0.1) is 0 Å². The lowest BCUT2D eigenvalue weighted by atomic mass is 9.89. The Hall–Kier alpha value is -0.540. The molecule has 1 saturated heterocycles. The Kier molecular flexibility index (Phi) is 7.47. The Balaban J connectivity index is 2.16. The summed E-state index contributed by atoms with van der Waals surface area (Å²) in [4.78, 5) is 2.59. The standard InChI is InChI=1S/C16H33N3/c1-15(18-14-16(2,3)9-10-17)8-13-19-11-6-4-5-7-12-19/h18H,1,4-14,17H2,2-3H3. The average molecular weight is 267 g/mol. The summed E-state index contributed by atoms with van der Waals surface area (Å²) in [5, 5.41) is 3.49. The van der Waals surface area contributed by atoms with Gasteiger partial charge in [-0.05, 0) is 50.7 Å². The number of hydrogen-bond acceptors (Lipinski definition) is 3. The van der Waals surface area contributed by atoms with E-state index < -0.39 is 0 Å². The molecule has 0 radical (unpaired) electrons. The monoisotopic (exact) mass is 267 g/mol. The van der Waals surface area contributed by atoms with Gasteiger partial charge in [0.25, 0.3) is 0 Å². The van der Waals surface area contributed by atoms with Crippen molar-refractivity contribution in [3.63, 3.8) is 0 Å². The van der Waals surface area contributed by atoms with Crippen LogP contribution in [0.25, 0.3) is 0 Å². The van der Waals surface area contributed by atoms with Crippen LogP contribution in [0, 0.1) is 5.41 Å². The normalized spacial score (nSPS) is 18.1. The highest BCUT2D eigenvalue weighted by Gasteiger charge is 2.16. The highest BCUT2D eigenvalue weighted by atomic mass is 15.1. The fourth-order valence-electron chi connectivity index (χ4n) is 2.58. The molecule has 0 aromatic heterocycles. The molecule has 3 nitrogen and oxygen atoms in total. The first kappa shape index (κ1) is 16.5. The summed E-state index contributed by atoms with van der Waals surface area (Å²) < 4.78 is 0. The Morgan fingerprint density at radius 3 is 2.42 bits per heavy atom. The second kappa shape index (κ2) is 8.60. The molecule has 112 valence electrons. The van der Waals surface area contributed by atoms with E-state index in [0.29, 0.717) is 0 Å². The molecule has 0 aromatic carbocycles. The molecule has 1 fully saturated rings. The first-order valence-corrected chi connectivity index (χ1v) is 7.87. The van der Waals surface area contributed by atoms with Gasteiger partial charge in [-0.2, -0.15) is 0 Å². The minimum atomic E-state index is 0.264. The molecule has 1 rings (SSSR count). The van der Waals surface area contributed by atoms with Gasteiger partial charge >= 0.3 is 0 Å². The average Bonchev–Trinajstić information content (AvgIpc) is 2.62. The lowest BCUT2D eigenvalue weighted by molar-refractivity contribution is 0.283. The van der Waals surface area contributed by atoms with Crippen LogP contribution in [0.1, 0.15) is 52.4 Å². The molecule has 0 aliphatic carbocycles. The minimum absolute atomic E-state index is 0.264. The molecule has 3 heteroatoms. The summed E-state index contributed by atoms with van der Waals surface area (Å²) in [6.07, 6.45) is 7.66. The molecule has 19 heavy (non-hydrogen) atoms. The third-order valence-electron chi connectivity index (χ3n) is 4.07. The Labute approximate surface area is 119 Å². The number of nitrogens with zero attached hydrogens (tertiary/aromatic N) is 1. The van der Waals surface area contributed by atoms with E-state index in [9.17, 15) is 0 Å². The number of hydrogen-bond donors (Lipinski definition) is 2. The first-order chi connectivity index (χ1) is 9.03. The maximum Gasteiger partial charge on any atom is 0.0195 e. The molecule has 0 unspecified atom stereocenters. The SMILES string of the molecule is C=C(CCN1CCCCCC1)NCC(C)(C)CCN. The van der Waals surface area contributed by atoms with Crippen molar-refractivity contribution in [1.29, 1.82) is 0 Å². The smallest absolute Gasteiger partial charge is 0.0195 e. The van der Waals surface area contributed by atoms with Crippen LogP contribution in [0.4, 0.5) is 0 Å². The summed E-state index contributed by atoms with van der Waals surface area (Å²) in [7, 11) is 0. The van der Waals surface area contributed by atoms with Crippen molar-refractivity contribution >= 4 is 0 Å². The zero-order chi connectivity index (χ0) is 14.1. The number of rotatable bonds is 8. The Bertz CT molecular complexity index is 253. The second-order valence-corrected chi connectivity index (χ2v) is 6.67. The van der Waals surface area contributed by atoms with Crippen molar-refractivity contribution in [1.82, 2.24) is 10.2 Å². The molecule has 0 atom stereocenters. The van der Waals surface area contributed by atoms with Crippen LogP contribution in [-0.2, 0) is 0 Å². The van der Waals surface area contributed by atoms with Crippen LogP contribution in [0.2, 0.25) is 0 Å². The molecule has 0 bridgehead atoms. The van der Waals surface area contributed by atoms with E-state index in [1.807, 2.05) is 0 Å². The van der Waals surface area contributed by atoms with E-state index in [1.165, 1.54) is 44.5 Å². The van der Waals surface area contributed by atoms with E-state index in [2.05, 4.69) is 30.6 Å². The summed E-state index contributed by atoms with van der Waals surface area (Å²) >= 11 is 0. The molecule has 1 aliphatic heterocycles. The summed E-state index contributed by atoms with van der Waals surface area (Å²) in [6.45, 7) is 14.1. The topological polar surface area (TPSA) is 41.3 Å². The Morgan fingerprint density at radius 2 is 1.84 bits per heavy atom. The summed E-state index contributed by atoms with van der Waals surface area (Å²) in [6, 6.07) is 0. The van der Waals surface area contributed by atoms with Crippen molar-refractivity contribution in [2.75, 3.05) is 32.7 Å². The van der Waals surface area contributed by atoms with Crippen molar-refractivity contribution in [2.24, 2.45) is 11.1 Å². The molecule has 3 N–H and O–H groups in total. The molecule has 1 aliphatic rings. The largest absolute Gasteiger partial charge is 0.388 e. The number of nitrogens with two attached hydrogens (primary N) is 1. The van der Waals surface area contributed by atoms with E-state index in [-0.39, 0.29) is 5.41 Å². The third kappa shape index (κ3) is 7.58. The number of nitrogens with one attached hydrogen (secondary N) is 1. The third-order valence-corrected chi connectivity index (χ3v) is 4.07. The van der Waals surface area contributed by atoms with Crippen LogP contribution in [0.3, 0.4) is 0 Å². The molecule has 1 heterocycles. The molecular weight excluding hydrogens is 234 g/mol. The highest BCUT2D eigenvalue weighted by molar-refractivity contribution is 4.93. The lowest BCUT2D eigenvalue weighted by Crippen LogP contribution is -2.32. The fourth-order valence-corrected chi connectivity index (χ4v) is 2.58. The van der Waals surface area contributed by atoms with Crippen molar-refractivity contribution in [3.8, 4) is 0 Å². The zero-order valence-corrected chi connectivity index (χ0v) is 13.0. The summed E-state index contributed by atoms with van der Waals surface area (Å²) in [5.74, 6) is 0. The first-order valence-electron chi connectivity index (χ1n) is 7.87. The molecule has 0 saturated carbocycles. The van der Waals surface area contributed by atoms with Crippen LogP contribution >= 0.6 is 0 Å². The van der Waals surface area contributed by atoms with E-state index in [4.69, 9.17) is 5.73 Å². The van der Waals surface area contributed by atoms with Gasteiger partial charge in [-0.3, -0.25) is 0 Å². The van der Waals surface area contributed by atoms with E-state index in [1.54, 1.807) is 0 Å². The zero-order valence-electron chi connectivity index (χ0n) is 13.0. The van der Waals surface area contributed by atoms with Gasteiger partial charge in [0.15, 0.2) is 0 Å². The predicted octanol–water partition coefficient (Wildman–Crippen LogP) is 2.73. The summed E-state index contributed by atoms with van der Waals surface area (Å²) in [5.41, 5.74) is 7.07. The molecular formula is C16H33N3. The van der Waals surface area contributed by atoms with Gasteiger partial charge in [0, 0.05) is 18.8 Å². The van der Waals surface area contributed by atoms with Crippen molar-refractivity contribution < 1.29 is 0 Å². The van der Waals surface area contributed by atoms with Gasteiger partial charge < -0.3 is 16.0 Å². The van der Waals surface area contributed by atoms with Crippen LogP contribution in [0.15, 0.2) is 12.3 Å². The van der Waals surface area contributed by atoms with Gasteiger partial charge in [-0.25, -0.2) is 0 Å². The number of likely N-dealkylation sites (tertiary alicyclic amines) is 1. The van der Waals surface area contributed by atoms with Gasteiger partial charge in [-0.1, -0.05) is 33.3 Å². The maximum atomic E-state index is 5.64. The van der Waals surface area contributed by atoms with Crippen LogP contribution in [0.5, 0.6) is 0 Å². The molecule has 0 aromatic rings. The quantitative estimate of drug-likeness (QED) is 0.710. The Morgan fingerprint density at radius 1 is 1.21 bits per heavy atom. The maximum absolute atomic E-state index is 5.64.